The third kappa shape index (κ3) is 66.9. The summed E-state index contributed by atoms with van der Waals surface area (Å²) >= 11 is 0. The van der Waals surface area contributed by atoms with E-state index in [0.29, 0.717) is 19.3 Å². The van der Waals surface area contributed by atoms with Crippen LogP contribution in [0.1, 0.15) is 425 Å². The van der Waals surface area contributed by atoms with Crippen LogP contribution in [0.25, 0.3) is 0 Å². The van der Waals surface area contributed by atoms with Crippen molar-refractivity contribution in [3.05, 3.63) is 12.2 Å². The number of hydrogen-bond acceptors (Lipinski definition) is 6. The smallest absolute Gasteiger partial charge is 0.306 e. The van der Waals surface area contributed by atoms with Crippen LogP contribution in [-0.4, -0.2) is 37.2 Å². The van der Waals surface area contributed by atoms with Crippen LogP contribution in [-0.2, 0) is 28.6 Å². The molecule has 1 atom stereocenters. The van der Waals surface area contributed by atoms with E-state index >= 15 is 0 Å². The van der Waals surface area contributed by atoms with Crippen LogP contribution in [0.15, 0.2) is 12.2 Å². The summed E-state index contributed by atoms with van der Waals surface area (Å²) in [5, 5.41) is 0. The summed E-state index contributed by atoms with van der Waals surface area (Å²) in [6.45, 7) is 6.67. The van der Waals surface area contributed by atoms with E-state index < -0.39 is 6.10 Å². The van der Waals surface area contributed by atoms with Gasteiger partial charge in [-0.05, 0) is 44.9 Å². The van der Waals surface area contributed by atoms with Crippen molar-refractivity contribution in [1.29, 1.82) is 0 Å². The van der Waals surface area contributed by atoms with Crippen LogP contribution < -0.4 is 0 Å². The van der Waals surface area contributed by atoms with Crippen molar-refractivity contribution in [3.63, 3.8) is 0 Å². The lowest BCUT2D eigenvalue weighted by Crippen LogP contribution is -2.30. The van der Waals surface area contributed by atoms with Gasteiger partial charge in [0.2, 0.25) is 0 Å². The maximum Gasteiger partial charge on any atom is 0.306 e. The molecular weight excluding hydrogens is 985 g/mol. The molecule has 0 aliphatic rings. The van der Waals surface area contributed by atoms with Crippen LogP contribution in [0.3, 0.4) is 0 Å². The summed E-state index contributed by atoms with van der Waals surface area (Å²) in [5.41, 5.74) is 0. The van der Waals surface area contributed by atoms with Crippen LogP contribution in [0, 0.1) is 0 Å². The van der Waals surface area contributed by atoms with Gasteiger partial charge < -0.3 is 14.2 Å². The summed E-state index contributed by atoms with van der Waals surface area (Å²) in [7, 11) is 0. The van der Waals surface area contributed by atoms with Crippen LogP contribution >= 0.6 is 0 Å². The first-order chi connectivity index (χ1) is 39.5. The number of esters is 3. The molecule has 0 saturated carbocycles. The molecule has 80 heavy (non-hydrogen) atoms. The first-order valence-corrected chi connectivity index (χ1v) is 36.7. The second-order valence-corrected chi connectivity index (χ2v) is 25.2. The van der Waals surface area contributed by atoms with Crippen molar-refractivity contribution in [2.45, 2.75) is 431 Å². The molecule has 0 aromatic heterocycles. The number of carbonyl (C=O) groups excluding carboxylic acids is 3. The summed E-state index contributed by atoms with van der Waals surface area (Å²) in [4.78, 5) is 38.1. The van der Waals surface area contributed by atoms with Crippen molar-refractivity contribution in [3.8, 4) is 0 Å². The molecule has 0 rings (SSSR count). The summed E-state index contributed by atoms with van der Waals surface area (Å²) in [6, 6.07) is 0. The van der Waals surface area contributed by atoms with Crippen molar-refractivity contribution in [2.75, 3.05) is 13.2 Å². The molecule has 0 radical (unpaired) electrons. The van der Waals surface area contributed by atoms with Gasteiger partial charge in [-0.25, -0.2) is 0 Å². The fourth-order valence-electron chi connectivity index (χ4n) is 11.5. The number of ether oxygens (including phenoxy) is 3. The Kier molecular flexibility index (Phi) is 68.0. The third-order valence-electron chi connectivity index (χ3n) is 17.0. The molecule has 0 spiro atoms. The molecule has 6 nitrogen and oxygen atoms in total. The number of unbranched alkanes of at least 4 members (excludes halogenated alkanes) is 56. The fraction of sp³-hybridized carbons (Fsp3) is 0.932. The highest BCUT2D eigenvalue weighted by Crippen LogP contribution is 2.19. The Labute approximate surface area is 501 Å². The van der Waals surface area contributed by atoms with E-state index in [2.05, 4.69) is 32.9 Å². The Bertz CT molecular complexity index is 1250. The number of rotatable bonds is 69. The van der Waals surface area contributed by atoms with Gasteiger partial charge in [-0.1, -0.05) is 373 Å². The molecule has 6 heteroatoms. The van der Waals surface area contributed by atoms with Gasteiger partial charge in [0.15, 0.2) is 6.10 Å². The molecule has 0 aromatic rings. The normalized spacial score (nSPS) is 12.0. The van der Waals surface area contributed by atoms with E-state index in [1.807, 2.05) is 0 Å². The largest absolute Gasteiger partial charge is 0.462 e. The molecule has 0 fully saturated rings. The van der Waals surface area contributed by atoms with Gasteiger partial charge in [-0.3, -0.25) is 14.4 Å². The van der Waals surface area contributed by atoms with E-state index in [9.17, 15) is 14.4 Å². The monoisotopic (exact) mass is 1130 g/mol. The molecule has 0 heterocycles. The van der Waals surface area contributed by atoms with Gasteiger partial charge in [0.25, 0.3) is 0 Å². The Morgan fingerprint density at radius 3 is 0.625 bits per heavy atom. The molecule has 474 valence electrons. The highest BCUT2D eigenvalue weighted by molar-refractivity contribution is 5.71. The Hall–Kier alpha value is -1.85. The van der Waals surface area contributed by atoms with Crippen molar-refractivity contribution >= 4 is 17.9 Å². The second-order valence-electron chi connectivity index (χ2n) is 25.2. The molecular formula is C74H142O6. The summed E-state index contributed by atoms with van der Waals surface area (Å²) < 4.78 is 16.9. The zero-order valence-corrected chi connectivity index (χ0v) is 54.6. The van der Waals surface area contributed by atoms with Gasteiger partial charge in [-0.2, -0.15) is 0 Å². The van der Waals surface area contributed by atoms with Gasteiger partial charge in [-0.15, -0.1) is 0 Å². The van der Waals surface area contributed by atoms with Crippen LogP contribution in [0.4, 0.5) is 0 Å². The van der Waals surface area contributed by atoms with E-state index in [0.717, 1.165) is 57.8 Å². The first-order valence-electron chi connectivity index (χ1n) is 36.7. The molecule has 0 bridgehead atoms. The van der Waals surface area contributed by atoms with Gasteiger partial charge in [0.1, 0.15) is 13.2 Å². The molecule has 1 unspecified atom stereocenters. The van der Waals surface area contributed by atoms with Crippen molar-refractivity contribution in [2.24, 2.45) is 0 Å². The Morgan fingerprint density at radius 1 is 0.237 bits per heavy atom. The zero-order chi connectivity index (χ0) is 57.8. The molecule has 0 aromatic carbocycles. The Morgan fingerprint density at radius 2 is 0.412 bits per heavy atom. The van der Waals surface area contributed by atoms with Crippen molar-refractivity contribution < 1.29 is 28.6 Å². The molecule has 0 aliphatic heterocycles. The van der Waals surface area contributed by atoms with E-state index in [-0.39, 0.29) is 31.1 Å². The average Bonchev–Trinajstić information content (AvgIpc) is 3.46. The van der Waals surface area contributed by atoms with E-state index in [1.54, 1.807) is 0 Å². The zero-order valence-electron chi connectivity index (χ0n) is 54.6. The maximum absolute atomic E-state index is 12.9. The predicted molar refractivity (Wildman–Crippen MR) is 349 cm³/mol. The van der Waals surface area contributed by atoms with Crippen LogP contribution in [0.5, 0.6) is 0 Å². The topological polar surface area (TPSA) is 78.9 Å². The quantitative estimate of drug-likeness (QED) is 0.0261. The third-order valence-corrected chi connectivity index (χ3v) is 17.0. The lowest BCUT2D eigenvalue weighted by atomic mass is 10.0. The minimum Gasteiger partial charge on any atom is -0.462 e. The summed E-state index contributed by atoms with van der Waals surface area (Å²) in [5.74, 6) is -0.841. The summed E-state index contributed by atoms with van der Waals surface area (Å²) in [6.07, 6.45) is 84.5. The number of hydrogen-bond donors (Lipinski definition) is 0. The van der Waals surface area contributed by atoms with Crippen LogP contribution in [0.2, 0.25) is 0 Å². The number of carbonyl (C=O) groups is 3. The van der Waals surface area contributed by atoms with E-state index in [1.165, 1.54) is 327 Å². The molecule has 0 aliphatic carbocycles. The van der Waals surface area contributed by atoms with Crippen molar-refractivity contribution in [1.82, 2.24) is 0 Å². The minimum absolute atomic E-state index is 0.0635. The lowest BCUT2D eigenvalue weighted by Gasteiger charge is -2.18. The van der Waals surface area contributed by atoms with Gasteiger partial charge in [0, 0.05) is 19.3 Å². The molecule has 0 N–H and O–H groups in total. The highest BCUT2D eigenvalue weighted by Gasteiger charge is 2.20. The lowest BCUT2D eigenvalue weighted by molar-refractivity contribution is -0.167. The van der Waals surface area contributed by atoms with Gasteiger partial charge >= 0.3 is 17.9 Å². The van der Waals surface area contributed by atoms with E-state index in [4.69, 9.17) is 14.2 Å². The highest BCUT2D eigenvalue weighted by atomic mass is 16.6. The average molecular weight is 1130 g/mol. The number of allylic oxidation sites excluding steroid dienone is 2. The minimum atomic E-state index is -0.764. The molecule has 0 saturated heterocycles. The SMILES string of the molecule is CCCCCCCCCC/C=C\CCCCCCCCCCCCCCCCCC(=O)OC(COC(=O)CCCCCCCC)COC(=O)CCCCCCCCCCCCCCCCCCCCCCCCCCCCCCC. The standard InChI is InChI=1S/C74H142O6/c1-4-7-10-13-16-18-20-22-24-26-28-30-32-34-36-37-39-40-42-44-46-48-50-52-54-56-58-61-64-67-73(76)79-70-71(69-78-72(75)66-63-60-15-12-9-6-3)80-74(77)68-65-62-59-57-55-53-51-49-47-45-43-41-38-35-33-31-29-27-25-23-21-19-17-14-11-8-5-2/h27,29,71H,4-26,28,30-70H2,1-3H3/b29-27-. The van der Waals surface area contributed by atoms with Gasteiger partial charge in [0.05, 0.1) is 0 Å². The first kappa shape index (κ1) is 78.1. The maximum atomic E-state index is 12.9. The molecule has 0 amide bonds. The fourth-order valence-corrected chi connectivity index (χ4v) is 11.5. The Balaban J connectivity index is 3.93. The second kappa shape index (κ2) is 69.6. The predicted octanol–water partition coefficient (Wildman–Crippen LogP) is 25.2.